The van der Waals surface area contributed by atoms with Crippen molar-refractivity contribution in [2.75, 3.05) is 25.6 Å². The van der Waals surface area contributed by atoms with Crippen molar-refractivity contribution in [3.63, 3.8) is 0 Å². The topological polar surface area (TPSA) is 104 Å². The fourth-order valence-electron chi connectivity index (χ4n) is 2.73. The zero-order valence-corrected chi connectivity index (χ0v) is 15.3. The van der Waals surface area contributed by atoms with E-state index in [2.05, 4.69) is 10.3 Å². The summed E-state index contributed by atoms with van der Waals surface area (Å²) in [6.45, 7) is 0.926. The van der Waals surface area contributed by atoms with Crippen molar-refractivity contribution in [2.45, 2.75) is 24.8 Å². The molecule has 1 saturated heterocycles. The molecule has 1 aliphatic heterocycles. The number of methoxy groups -OCH3 is 1. The number of hydrogen-bond donors (Lipinski definition) is 2. The quantitative estimate of drug-likeness (QED) is 0.775. The molecule has 3 N–H and O–H groups in total. The maximum Gasteiger partial charge on any atom is 0.310 e. The minimum absolute atomic E-state index is 0.0931. The van der Waals surface area contributed by atoms with Gasteiger partial charge in [-0.05, 0) is 12.8 Å². The second-order valence-electron chi connectivity index (χ2n) is 6.13. The Morgan fingerprint density at radius 1 is 1.31 bits per heavy atom. The number of rotatable bonds is 5. The van der Waals surface area contributed by atoms with Crippen LogP contribution in [0.2, 0.25) is 0 Å². The first-order chi connectivity index (χ1) is 12.5. The predicted molar refractivity (Wildman–Crippen MR) is 98.9 cm³/mol. The van der Waals surface area contributed by atoms with E-state index in [9.17, 15) is 9.59 Å². The average molecular weight is 375 g/mol. The van der Waals surface area contributed by atoms with E-state index in [0.29, 0.717) is 36.9 Å². The van der Waals surface area contributed by atoms with Gasteiger partial charge in [0.05, 0.1) is 19.2 Å². The first kappa shape index (κ1) is 18.5. The lowest BCUT2D eigenvalue weighted by atomic mass is 9.90. The molecule has 138 valence electrons. The number of ether oxygens (including phenoxy) is 2. The van der Waals surface area contributed by atoms with E-state index in [-0.39, 0.29) is 18.3 Å². The predicted octanol–water partition coefficient (Wildman–Crippen LogP) is 1.97. The van der Waals surface area contributed by atoms with Gasteiger partial charge in [0.25, 0.3) is 0 Å². The Morgan fingerprint density at radius 3 is 2.65 bits per heavy atom. The van der Waals surface area contributed by atoms with Crippen molar-refractivity contribution >= 4 is 28.3 Å². The summed E-state index contributed by atoms with van der Waals surface area (Å²) in [7, 11) is 1.34. The van der Waals surface area contributed by atoms with Gasteiger partial charge in [0.15, 0.2) is 5.13 Å². The molecule has 0 aliphatic carbocycles. The lowest BCUT2D eigenvalue weighted by molar-refractivity contribution is -0.139. The van der Waals surface area contributed by atoms with Gasteiger partial charge in [0.2, 0.25) is 5.91 Å². The van der Waals surface area contributed by atoms with Crippen LogP contribution in [0.5, 0.6) is 0 Å². The van der Waals surface area contributed by atoms with Gasteiger partial charge in [0, 0.05) is 23.7 Å². The molecule has 1 aliphatic rings. The zero-order chi connectivity index (χ0) is 18.6. The van der Waals surface area contributed by atoms with Gasteiger partial charge in [-0.2, -0.15) is 0 Å². The number of esters is 1. The Bertz CT molecular complexity index is 785. The summed E-state index contributed by atoms with van der Waals surface area (Å²) < 4.78 is 10.0. The number of benzene rings is 1. The molecule has 2 aromatic rings. The molecule has 0 unspecified atom stereocenters. The van der Waals surface area contributed by atoms with E-state index in [4.69, 9.17) is 15.2 Å². The molecule has 2 heterocycles. The highest BCUT2D eigenvalue weighted by Gasteiger charge is 2.36. The van der Waals surface area contributed by atoms with Crippen LogP contribution in [0.15, 0.2) is 30.3 Å². The molecule has 26 heavy (non-hydrogen) atoms. The number of carbonyl (C=O) groups excluding carboxylic acids is 2. The van der Waals surface area contributed by atoms with Gasteiger partial charge in [-0.3, -0.25) is 9.59 Å². The number of nitrogens with one attached hydrogen (secondary N) is 1. The van der Waals surface area contributed by atoms with E-state index in [0.717, 1.165) is 10.4 Å². The Hall–Kier alpha value is -2.29. The van der Waals surface area contributed by atoms with Crippen molar-refractivity contribution in [1.29, 1.82) is 0 Å². The standard InChI is InChI=1S/C18H21N3O4S/c1-24-14(22)11-13-15(12-5-3-2-4-6-12)20-17(26-13)21-16(23)18(19)7-9-25-10-8-18/h2-6H,7-11,19H2,1H3,(H,20,21,23). The smallest absolute Gasteiger partial charge is 0.310 e. The molecule has 7 nitrogen and oxygen atoms in total. The molecule has 0 bridgehead atoms. The van der Waals surface area contributed by atoms with Crippen molar-refractivity contribution in [3.05, 3.63) is 35.2 Å². The number of thiazole rings is 1. The van der Waals surface area contributed by atoms with E-state index in [1.165, 1.54) is 18.4 Å². The third-order valence-electron chi connectivity index (χ3n) is 4.33. The monoisotopic (exact) mass is 375 g/mol. The summed E-state index contributed by atoms with van der Waals surface area (Å²) in [6.07, 6.45) is 1.02. The Labute approximate surface area is 155 Å². The van der Waals surface area contributed by atoms with E-state index < -0.39 is 5.54 Å². The second-order valence-corrected chi connectivity index (χ2v) is 7.22. The summed E-state index contributed by atoms with van der Waals surface area (Å²) in [5, 5.41) is 3.23. The summed E-state index contributed by atoms with van der Waals surface area (Å²) >= 11 is 1.26. The number of carbonyl (C=O) groups is 2. The van der Waals surface area contributed by atoms with Gasteiger partial charge < -0.3 is 20.5 Å². The third-order valence-corrected chi connectivity index (χ3v) is 5.31. The Morgan fingerprint density at radius 2 is 2.00 bits per heavy atom. The number of hydrogen-bond acceptors (Lipinski definition) is 7. The van der Waals surface area contributed by atoms with E-state index >= 15 is 0 Å². The van der Waals surface area contributed by atoms with Crippen molar-refractivity contribution in [3.8, 4) is 11.3 Å². The minimum Gasteiger partial charge on any atom is -0.469 e. The van der Waals surface area contributed by atoms with Crippen LogP contribution in [-0.4, -0.2) is 42.7 Å². The van der Waals surface area contributed by atoms with Crippen LogP contribution in [0.4, 0.5) is 5.13 Å². The van der Waals surface area contributed by atoms with Gasteiger partial charge >= 0.3 is 5.97 Å². The fourth-order valence-corrected chi connectivity index (χ4v) is 3.70. The molecule has 0 saturated carbocycles. The van der Waals surface area contributed by atoms with Crippen LogP contribution >= 0.6 is 11.3 Å². The molecule has 3 rings (SSSR count). The highest BCUT2D eigenvalue weighted by molar-refractivity contribution is 7.16. The van der Waals surface area contributed by atoms with Crippen LogP contribution < -0.4 is 11.1 Å². The van der Waals surface area contributed by atoms with Crippen molar-refractivity contribution in [2.24, 2.45) is 5.73 Å². The van der Waals surface area contributed by atoms with Gasteiger partial charge in [-0.25, -0.2) is 4.98 Å². The SMILES string of the molecule is COC(=O)Cc1sc(NC(=O)C2(N)CCOCC2)nc1-c1ccccc1. The van der Waals surface area contributed by atoms with Gasteiger partial charge in [-0.15, -0.1) is 11.3 Å². The third kappa shape index (κ3) is 4.09. The maximum absolute atomic E-state index is 12.6. The number of aromatic nitrogens is 1. The van der Waals surface area contributed by atoms with Crippen LogP contribution in [-0.2, 0) is 25.5 Å². The first-order valence-corrected chi connectivity index (χ1v) is 9.13. The van der Waals surface area contributed by atoms with Crippen LogP contribution in [0, 0.1) is 0 Å². The molecule has 1 aromatic carbocycles. The summed E-state index contributed by atoms with van der Waals surface area (Å²) in [5.74, 6) is -0.637. The fraction of sp³-hybridized carbons (Fsp3) is 0.389. The average Bonchev–Trinajstić information content (AvgIpc) is 3.05. The lowest BCUT2D eigenvalue weighted by Gasteiger charge is -2.31. The molecule has 0 spiro atoms. The summed E-state index contributed by atoms with van der Waals surface area (Å²) in [4.78, 5) is 29.6. The highest BCUT2D eigenvalue weighted by Crippen LogP contribution is 2.32. The van der Waals surface area contributed by atoms with Crippen molar-refractivity contribution in [1.82, 2.24) is 4.98 Å². The highest BCUT2D eigenvalue weighted by atomic mass is 32.1. The molecule has 0 atom stereocenters. The lowest BCUT2D eigenvalue weighted by Crippen LogP contribution is -2.54. The van der Waals surface area contributed by atoms with Crippen LogP contribution in [0.25, 0.3) is 11.3 Å². The normalized spacial score (nSPS) is 16.1. The molecule has 8 heteroatoms. The molecular weight excluding hydrogens is 354 g/mol. The van der Waals surface area contributed by atoms with Crippen LogP contribution in [0.1, 0.15) is 17.7 Å². The Balaban J connectivity index is 1.86. The summed E-state index contributed by atoms with van der Waals surface area (Å²) in [5.41, 5.74) is 6.79. The molecule has 1 aromatic heterocycles. The number of anilines is 1. The zero-order valence-electron chi connectivity index (χ0n) is 14.5. The van der Waals surface area contributed by atoms with Crippen molar-refractivity contribution < 1.29 is 19.1 Å². The van der Waals surface area contributed by atoms with E-state index in [1.54, 1.807) is 0 Å². The van der Waals surface area contributed by atoms with Gasteiger partial charge in [-0.1, -0.05) is 30.3 Å². The van der Waals surface area contributed by atoms with Gasteiger partial charge in [0.1, 0.15) is 5.54 Å². The second kappa shape index (κ2) is 7.94. The van der Waals surface area contributed by atoms with Crippen LogP contribution in [0.3, 0.4) is 0 Å². The Kier molecular flexibility index (Phi) is 5.65. The minimum atomic E-state index is -0.959. The maximum atomic E-state index is 12.6. The molecule has 1 fully saturated rings. The number of nitrogens with two attached hydrogens (primary N) is 1. The first-order valence-electron chi connectivity index (χ1n) is 8.32. The molecule has 1 amide bonds. The number of nitrogens with zero attached hydrogens (tertiary/aromatic N) is 1. The molecule has 0 radical (unpaired) electrons. The van der Waals surface area contributed by atoms with E-state index in [1.807, 2.05) is 30.3 Å². The summed E-state index contributed by atoms with van der Waals surface area (Å²) in [6, 6.07) is 9.51. The largest absolute Gasteiger partial charge is 0.469 e. The molecular formula is C18H21N3O4S. The number of amides is 1.